The molecule has 0 aliphatic rings. The summed E-state index contributed by atoms with van der Waals surface area (Å²) >= 11 is 0. The van der Waals surface area contributed by atoms with Crippen molar-refractivity contribution >= 4 is 5.97 Å². The second-order valence-electron chi connectivity index (χ2n) is 4.85. The molecule has 0 aliphatic heterocycles. The van der Waals surface area contributed by atoms with E-state index >= 15 is 0 Å². The van der Waals surface area contributed by atoms with E-state index in [1.807, 2.05) is 11.8 Å². The number of carboxylic acid groups (broad SMARTS) is 1. The summed E-state index contributed by atoms with van der Waals surface area (Å²) in [6, 6.07) is 4.48. The maximum atomic E-state index is 14.2. The zero-order valence-corrected chi connectivity index (χ0v) is 12.6. The molecule has 0 heterocycles. The monoisotopic (exact) mass is 299 g/mol. The Morgan fingerprint density at radius 3 is 2.67 bits per heavy atom. The Bertz CT molecular complexity index is 467. The molecule has 5 nitrogen and oxygen atoms in total. The third-order valence-corrected chi connectivity index (χ3v) is 3.30. The van der Waals surface area contributed by atoms with Gasteiger partial charge < -0.3 is 14.6 Å². The third kappa shape index (κ3) is 5.08. The van der Waals surface area contributed by atoms with Crippen LogP contribution in [-0.4, -0.2) is 56.0 Å². The number of methoxy groups -OCH3 is 2. The summed E-state index contributed by atoms with van der Waals surface area (Å²) < 4.78 is 24.4. The number of ether oxygens (including phenoxy) is 2. The number of hydrogen-bond donors (Lipinski definition) is 1. The van der Waals surface area contributed by atoms with Crippen molar-refractivity contribution in [2.45, 2.75) is 19.5 Å². The van der Waals surface area contributed by atoms with Crippen molar-refractivity contribution in [2.24, 2.45) is 0 Å². The van der Waals surface area contributed by atoms with Gasteiger partial charge in [0.1, 0.15) is 5.82 Å². The van der Waals surface area contributed by atoms with Crippen LogP contribution >= 0.6 is 0 Å². The number of rotatable bonds is 9. The minimum atomic E-state index is -1.26. The fourth-order valence-corrected chi connectivity index (χ4v) is 2.10. The van der Waals surface area contributed by atoms with Crippen molar-refractivity contribution in [1.29, 1.82) is 0 Å². The smallest absolute Gasteiger partial charge is 0.338 e. The van der Waals surface area contributed by atoms with E-state index in [1.54, 1.807) is 26.4 Å². The van der Waals surface area contributed by atoms with Gasteiger partial charge in [-0.05, 0) is 13.0 Å². The maximum Gasteiger partial charge on any atom is 0.338 e. The Kier molecular flexibility index (Phi) is 7.28. The number of hydrogen-bond acceptors (Lipinski definition) is 4. The third-order valence-electron chi connectivity index (χ3n) is 3.30. The highest BCUT2D eigenvalue weighted by Gasteiger charge is 2.19. The molecule has 1 atom stereocenters. The lowest BCUT2D eigenvalue weighted by Crippen LogP contribution is -2.38. The average molecular weight is 299 g/mol. The number of benzene rings is 1. The molecule has 0 spiro atoms. The zero-order valence-electron chi connectivity index (χ0n) is 12.6. The highest BCUT2D eigenvalue weighted by atomic mass is 19.1. The van der Waals surface area contributed by atoms with E-state index in [-0.39, 0.29) is 11.6 Å². The van der Waals surface area contributed by atoms with Gasteiger partial charge in [0, 0.05) is 38.9 Å². The van der Waals surface area contributed by atoms with Crippen molar-refractivity contribution in [3.05, 3.63) is 35.1 Å². The Labute approximate surface area is 124 Å². The predicted molar refractivity (Wildman–Crippen MR) is 77.0 cm³/mol. The minimum Gasteiger partial charge on any atom is -0.478 e. The fourth-order valence-electron chi connectivity index (χ4n) is 2.10. The van der Waals surface area contributed by atoms with Crippen LogP contribution in [0.25, 0.3) is 0 Å². The first-order valence-corrected chi connectivity index (χ1v) is 6.73. The van der Waals surface area contributed by atoms with Gasteiger partial charge in [0.05, 0.1) is 18.8 Å². The second kappa shape index (κ2) is 8.71. The molecule has 1 aromatic rings. The van der Waals surface area contributed by atoms with Gasteiger partial charge in [-0.15, -0.1) is 0 Å². The van der Waals surface area contributed by atoms with E-state index in [0.717, 1.165) is 0 Å². The fraction of sp³-hybridized carbons (Fsp3) is 0.533. The summed E-state index contributed by atoms with van der Waals surface area (Å²) in [6.45, 7) is 3.90. The molecular formula is C15H22FNO4. The van der Waals surface area contributed by atoms with Gasteiger partial charge in [-0.25, -0.2) is 9.18 Å². The van der Waals surface area contributed by atoms with Crippen molar-refractivity contribution in [3.63, 3.8) is 0 Å². The Hall–Kier alpha value is -1.50. The van der Waals surface area contributed by atoms with Crippen LogP contribution in [0.2, 0.25) is 0 Å². The van der Waals surface area contributed by atoms with Gasteiger partial charge in [0.25, 0.3) is 0 Å². The molecule has 0 radical (unpaired) electrons. The van der Waals surface area contributed by atoms with Crippen LogP contribution in [0.15, 0.2) is 18.2 Å². The van der Waals surface area contributed by atoms with Gasteiger partial charge in [-0.3, -0.25) is 4.90 Å². The molecule has 0 aliphatic carbocycles. The summed E-state index contributed by atoms with van der Waals surface area (Å²) in [5.74, 6) is -1.94. The van der Waals surface area contributed by atoms with Crippen LogP contribution < -0.4 is 0 Å². The van der Waals surface area contributed by atoms with Crippen molar-refractivity contribution < 1.29 is 23.8 Å². The van der Waals surface area contributed by atoms with Crippen LogP contribution in [0.3, 0.4) is 0 Å². The van der Waals surface area contributed by atoms with E-state index in [2.05, 4.69) is 0 Å². The molecule has 1 N–H and O–H groups in total. The van der Waals surface area contributed by atoms with Crippen molar-refractivity contribution in [3.8, 4) is 0 Å². The molecule has 1 unspecified atom stereocenters. The van der Waals surface area contributed by atoms with E-state index in [9.17, 15) is 9.18 Å². The summed E-state index contributed by atoms with van der Waals surface area (Å²) in [5, 5.41) is 8.97. The van der Waals surface area contributed by atoms with Crippen LogP contribution in [-0.2, 0) is 16.0 Å². The van der Waals surface area contributed by atoms with Gasteiger partial charge in [-0.2, -0.15) is 0 Å². The molecule has 0 amide bonds. The number of aromatic carboxylic acids is 1. The summed E-state index contributed by atoms with van der Waals surface area (Å²) in [5.41, 5.74) is 0.0487. The standard InChI is InChI=1S/C15H22FNO4/c1-11(10-21-3)17(7-8-20-2)9-12-5-4-6-13(14(12)16)15(18)19/h4-6,11H,7-10H2,1-3H3,(H,18,19). The molecule has 0 saturated heterocycles. The topological polar surface area (TPSA) is 59.0 Å². The normalized spacial score (nSPS) is 12.6. The van der Waals surface area contributed by atoms with E-state index in [4.69, 9.17) is 14.6 Å². The van der Waals surface area contributed by atoms with Crippen LogP contribution in [0.4, 0.5) is 4.39 Å². The lowest BCUT2D eigenvalue weighted by Gasteiger charge is -2.28. The van der Waals surface area contributed by atoms with Gasteiger partial charge in [0.2, 0.25) is 0 Å². The molecule has 0 bridgehead atoms. The van der Waals surface area contributed by atoms with E-state index < -0.39 is 11.8 Å². The Morgan fingerprint density at radius 1 is 1.38 bits per heavy atom. The molecule has 118 valence electrons. The van der Waals surface area contributed by atoms with Crippen LogP contribution in [0.5, 0.6) is 0 Å². The van der Waals surface area contributed by atoms with E-state index in [1.165, 1.54) is 6.07 Å². The second-order valence-corrected chi connectivity index (χ2v) is 4.85. The summed E-state index contributed by atoms with van der Waals surface area (Å²) in [4.78, 5) is 13.0. The molecule has 0 aromatic heterocycles. The van der Waals surface area contributed by atoms with Crippen molar-refractivity contribution in [2.75, 3.05) is 34.0 Å². The number of halogens is 1. The van der Waals surface area contributed by atoms with E-state index in [0.29, 0.717) is 31.9 Å². The van der Waals surface area contributed by atoms with Crippen molar-refractivity contribution in [1.82, 2.24) is 4.90 Å². The van der Waals surface area contributed by atoms with Gasteiger partial charge in [-0.1, -0.05) is 12.1 Å². The molecule has 0 fully saturated rings. The largest absolute Gasteiger partial charge is 0.478 e. The Morgan fingerprint density at radius 2 is 2.10 bits per heavy atom. The Balaban J connectivity index is 2.92. The minimum absolute atomic E-state index is 0.0676. The highest BCUT2D eigenvalue weighted by Crippen LogP contribution is 2.16. The average Bonchev–Trinajstić information content (AvgIpc) is 2.44. The number of nitrogens with zero attached hydrogens (tertiary/aromatic N) is 1. The highest BCUT2D eigenvalue weighted by molar-refractivity contribution is 5.88. The predicted octanol–water partition coefficient (Wildman–Crippen LogP) is 2.01. The lowest BCUT2D eigenvalue weighted by molar-refractivity contribution is 0.0676. The number of carboxylic acids is 1. The molecule has 21 heavy (non-hydrogen) atoms. The molecule has 0 saturated carbocycles. The molecule has 6 heteroatoms. The molecule has 1 rings (SSSR count). The first kappa shape index (κ1) is 17.6. The molecule has 1 aromatic carbocycles. The first-order valence-electron chi connectivity index (χ1n) is 6.73. The van der Waals surface area contributed by atoms with Gasteiger partial charge in [0.15, 0.2) is 0 Å². The lowest BCUT2D eigenvalue weighted by atomic mass is 10.1. The van der Waals surface area contributed by atoms with Gasteiger partial charge >= 0.3 is 5.97 Å². The summed E-state index contributed by atoms with van der Waals surface area (Å²) in [6.07, 6.45) is 0. The summed E-state index contributed by atoms with van der Waals surface area (Å²) in [7, 11) is 3.21. The maximum absolute atomic E-state index is 14.2. The zero-order chi connectivity index (χ0) is 15.8. The number of carbonyl (C=O) groups is 1. The molecular weight excluding hydrogens is 277 g/mol. The quantitative estimate of drug-likeness (QED) is 0.756. The SMILES string of the molecule is COCCN(Cc1cccc(C(=O)O)c1F)C(C)COC. The first-order chi connectivity index (χ1) is 10.0. The van der Waals surface area contributed by atoms with Crippen LogP contribution in [0, 0.1) is 5.82 Å². The van der Waals surface area contributed by atoms with Crippen LogP contribution in [0.1, 0.15) is 22.8 Å².